The molecule has 0 radical (unpaired) electrons. The number of allylic oxidation sites excluding steroid dienone is 2. The van der Waals surface area contributed by atoms with Gasteiger partial charge in [0.15, 0.2) is 0 Å². The maximum Gasteiger partial charge on any atom is 0.416 e. The third-order valence-electron chi connectivity index (χ3n) is 4.73. The van der Waals surface area contributed by atoms with E-state index in [1.807, 2.05) is 24.4 Å². The average molecular weight is 316 g/mol. The number of anilines is 1. The summed E-state index contributed by atoms with van der Waals surface area (Å²) in [6.45, 7) is 0. The van der Waals surface area contributed by atoms with Crippen LogP contribution in [-0.4, -0.2) is 4.98 Å². The van der Waals surface area contributed by atoms with Gasteiger partial charge in [0.25, 0.3) is 0 Å². The SMILES string of the molecule is FC(F)(F)c1ccc2c(c1)[C@H]1C=CC[C@@H]1[C@@H](c1cccnc1)N2. The minimum absolute atomic E-state index is 0.0127. The van der Waals surface area contributed by atoms with E-state index < -0.39 is 11.7 Å². The third kappa shape index (κ3) is 2.40. The quantitative estimate of drug-likeness (QED) is 0.755. The molecule has 1 N–H and O–H groups in total. The van der Waals surface area contributed by atoms with Crippen molar-refractivity contribution in [3.05, 3.63) is 71.6 Å². The molecule has 2 aromatic rings. The van der Waals surface area contributed by atoms with E-state index >= 15 is 0 Å². The lowest BCUT2D eigenvalue weighted by atomic mass is 9.77. The molecule has 0 fully saturated rings. The number of hydrogen-bond acceptors (Lipinski definition) is 2. The average Bonchev–Trinajstić information content (AvgIpc) is 3.03. The number of hydrogen-bond donors (Lipinski definition) is 1. The molecular formula is C18H15F3N2. The van der Waals surface area contributed by atoms with E-state index in [0.29, 0.717) is 0 Å². The van der Waals surface area contributed by atoms with Crippen LogP contribution >= 0.6 is 0 Å². The van der Waals surface area contributed by atoms with Crippen molar-refractivity contribution in [1.82, 2.24) is 4.98 Å². The Kier molecular flexibility index (Phi) is 3.18. The van der Waals surface area contributed by atoms with Crippen LogP contribution in [-0.2, 0) is 6.18 Å². The van der Waals surface area contributed by atoms with Crippen molar-refractivity contribution in [2.24, 2.45) is 5.92 Å². The number of rotatable bonds is 1. The molecule has 2 heterocycles. The summed E-state index contributed by atoms with van der Waals surface area (Å²) in [4.78, 5) is 4.17. The molecule has 0 saturated carbocycles. The fraction of sp³-hybridized carbons (Fsp3) is 0.278. The van der Waals surface area contributed by atoms with Crippen LogP contribution in [0.3, 0.4) is 0 Å². The van der Waals surface area contributed by atoms with Crippen LogP contribution in [0, 0.1) is 5.92 Å². The molecule has 1 aliphatic carbocycles. The fourth-order valence-electron chi connectivity index (χ4n) is 3.66. The van der Waals surface area contributed by atoms with Crippen LogP contribution in [0.5, 0.6) is 0 Å². The molecule has 2 aliphatic rings. The zero-order chi connectivity index (χ0) is 16.0. The highest BCUT2D eigenvalue weighted by atomic mass is 19.4. The van der Waals surface area contributed by atoms with Crippen molar-refractivity contribution in [1.29, 1.82) is 0 Å². The summed E-state index contributed by atoms with van der Waals surface area (Å²) < 4.78 is 39.0. The van der Waals surface area contributed by atoms with Gasteiger partial charge in [0.1, 0.15) is 0 Å². The lowest BCUT2D eigenvalue weighted by Gasteiger charge is -2.37. The zero-order valence-electron chi connectivity index (χ0n) is 12.2. The Balaban J connectivity index is 1.78. The van der Waals surface area contributed by atoms with E-state index in [-0.39, 0.29) is 17.9 Å². The van der Waals surface area contributed by atoms with Gasteiger partial charge >= 0.3 is 6.18 Å². The Morgan fingerprint density at radius 3 is 2.78 bits per heavy atom. The van der Waals surface area contributed by atoms with Crippen molar-refractivity contribution in [2.45, 2.75) is 24.6 Å². The van der Waals surface area contributed by atoms with Crippen LogP contribution in [0.1, 0.15) is 35.1 Å². The molecular weight excluding hydrogens is 301 g/mol. The second-order valence-corrected chi connectivity index (χ2v) is 6.06. The molecule has 1 aromatic heterocycles. The largest absolute Gasteiger partial charge is 0.416 e. The first-order chi connectivity index (χ1) is 11.0. The van der Waals surface area contributed by atoms with Gasteiger partial charge in [0.05, 0.1) is 11.6 Å². The Morgan fingerprint density at radius 1 is 1.17 bits per heavy atom. The van der Waals surface area contributed by atoms with E-state index in [9.17, 15) is 13.2 Å². The molecule has 118 valence electrons. The smallest absolute Gasteiger partial charge is 0.378 e. The van der Waals surface area contributed by atoms with E-state index in [4.69, 9.17) is 0 Å². The molecule has 1 aliphatic heterocycles. The molecule has 2 nitrogen and oxygen atoms in total. The van der Waals surface area contributed by atoms with Crippen molar-refractivity contribution in [2.75, 3.05) is 5.32 Å². The van der Waals surface area contributed by atoms with Gasteiger partial charge in [-0.1, -0.05) is 18.2 Å². The second-order valence-electron chi connectivity index (χ2n) is 6.06. The Morgan fingerprint density at radius 2 is 2.04 bits per heavy atom. The monoisotopic (exact) mass is 316 g/mol. The summed E-state index contributed by atoms with van der Waals surface area (Å²) in [7, 11) is 0. The number of alkyl halides is 3. The van der Waals surface area contributed by atoms with Gasteiger partial charge in [-0.25, -0.2) is 0 Å². The first-order valence-corrected chi connectivity index (χ1v) is 7.58. The summed E-state index contributed by atoms with van der Waals surface area (Å²) >= 11 is 0. The zero-order valence-corrected chi connectivity index (χ0v) is 12.2. The summed E-state index contributed by atoms with van der Waals surface area (Å²) in [5.74, 6) is 0.230. The highest BCUT2D eigenvalue weighted by molar-refractivity contribution is 5.60. The molecule has 0 unspecified atom stereocenters. The number of halogens is 3. The molecule has 5 heteroatoms. The maximum absolute atomic E-state index is 13.0. The molecule has 0 spiro atoms. The molecule has 23 heavy (non-hydrogen) atoms. The van der Waals surface area contributed by atoms with E-state index in [0.717, 1.165) is 29.3 Å². The minimum atomic E-state index is -4.31. The van der Waals surface area contributed by atoms with Gasteiger partial charge in [-0.2, -0.15) is 13.2 Å². The van der Waals surface area contributed by atoms with Gasteiger partial charge < -0.3 is 5.32 Å². The van der Waals surface area contributed by atoms with E-state index in [1.54, 1.807) is 12.3 Å². The van der Waals surface area contributed by atoms with E-state index in [2.05, 4.69) is 16.4 Å². The summed E-state index contributed by atoms with van der Waals surface area (Å²) in [5.41, 5.74) is 1.99. The van der Waals surface area contributed by atoms with Crippen LogP contribution in [0.2, 0.25) is 0 Å². The Labute approximate surface area is 132 Å². The van der Waals surface area contributed by atoms with Gasteiger partial charge in [-0.05, 0) is 47.7 Å². The van der Waals surface area contributed by atoms with Gasteiger partial charge in [-0.15, -0.1) is 0 Å². The van der Waals surface area contributed by atoms with Crippen molar-refractivity contribution < 1.29 is 13.2 Å². The number of pyridine rings is 1. The lowest BCUT2D eigenvalue weighted by Crippen LogP contribution is -2.29. The molecule has 3 atom stereocenters. The molecule has 0 saturated heterocycles. The topological polar surface area (TPSA) is 24.9 Å². The highest BCUT2D eigenvalue weighted by Gasteiger charge is 2.39. The summed E-state index contributed by atoms with van der Waals surface area (Å²) in [5, 5.41) is 3.42. The van der Waals surface area contributed by atoms with Gasteiger partial charge in [-0.3, -0.25) is 4.98 Å². The van der Waals surface area contributed by atoms with Crippen LogP contribution < -0.4 is 5.32 Å². The number of benzene rings is 1. The minimum Gasteiger partial charge on any atom is -0.378 e. The Hall–Kier alpha value is -2.30. The maximum atomic E-state index is 13.0. The fourth-order valence-corrected chi connectivity index (χ4v) is 3.66. The third-order valence-corrected chi connectivity index (χ3v) is 4.73. The van der Waals surface area contributed by atoms with Crippen LogP contribution in [0.4, 0.5) is 18.9 Å². The second kappa shape index (κ2) is 5.11. The molecule has 1 aromatic carbocycles. The summed E-state index contributed by atoms with van der Waals surface area (Å²) in [6.07, 6.45) is 4.19. The molecule has 4 rings (SSSR count). The molecule has 0 amide bonds. The standard InChI is InChI=1S/C18H15F3N2/c19-18(20,21)12-6-7-16-15(9-12)13-4-1-5-14(13)17(23-16)11-3-2-8-22-10-11/h1-4,6-10,13-14,17,23H,5H2/t13-,14-,17+/m0/s1. The predicted molar refractivity (Wildman–Crippen MR) is 82.0 cm³/mol. The van der Waals surface area contributed by atoms with Crippen LogP contribution in [0.25, 0.3) is 0 Å². The van der Waals surface area contributed by atoms with Gasteiger partial charge in [0.2, 0.25) is 0 Å². The van der Waals surface area contributed by atoms with Crippen molar-refractivity contribution in [3.63, 3.8) is 0 Å². The number of nitrogens with zero attached hydrogens (tertiary/aromatic N) is 1. The normalized spacial score (nSPS) is 25.6. The first-order valence-electron chi connectivity index (χ1n) is 7.58. The predicted octanol–water partition coefficient (Wildman–Crippen LogP) is 4.93. The lowest BCUT2D eigenvalue weighted by molar-refractivity contribution is -0.137. The van der Waals surface area contributed by atoms with Crippen molar-refractivity contribution in [3.8, 4) is 0 Å². The summed E-state index contributed by atoms with van der Waals surface area (Å²) in [6, 6.07) is 7.93. The van der Waals surface area contributed by atoms with E-state index in [1.165, 1.54) is 6.07 Å². The van der Waals surface area contributed by atoms with Crippen molar-refractivity contribution >= 4 is 5.69 Å². The number of fused-ring (bicyclic) bond motifs is 3. The number of aromatic nitrogens is 1. The number of nitrogens with one attached hydrogen (secondary N) is 1. The Bertz CT molecular complexity index is 753. The van der Waals surface area contributed by atoms with Gasteiger partial charge in [0, 0.05) is 24.0 Å². The highest BCUT2D eigenvalue weighted by Crippen LogP contribution is 2.50. The first kappa shape index (κ1) is 14.3. The molecule has 0 bridgehead atoms. The van der Waals surface area contributed by atoms with Crippen LogP contribution in [0.15, 0.2) is 54.9 Å².